The first kappa shape index (κ1) is 18.3. The summed E-state index contributed by atoms with van der Waals surface area (Å²) in [4.78, 5) is 4.55. The molecule has 0 atom stereocenters. The van der Waals surface area contributed by atoms with Crippen molar-refractivity contribution >= 4 is 17.3 Å². The molecule has 0 radical (unpaired) electrons. The third kappa shape index (κ3) is 3.20. The molecule has 1 aliphatic carbocycles. The van der Waals surface area contributed by atoms with E-state index in [9.17, 15) is 0 Å². The first-order chi connectivity index (χ1) is 13.9. The third-order valence-electron chi connectivity index (χ3n) is 6.07. The topological polar surface area (TPSA) is 75.3 Å². The summed E-state index contributed by atoms with van der Waals surface area (Å²) in [5, 5.41) is 22.4. The molecule has 3 aromatic heterocycles. The number of anilines is 2. The fourth-order valence-corrected chi connectivity index (χ4v) is 4.14. The number of fused-ring (bicyclic) bond motifs is 2. The molecule has 0 amide bonds. The van der Waals surface area contributed by atoms with E-state index in [1.54, 1.807) is 0 Å². The average Bonchev–Trinajstić information content (AvgIpc) is 3.10. The number of aryl methyl sites for hydroxylation is 2. The molecule has 5 rings (SSSR count). The van der Waals surface area contributed by atoms with Gasteiger partial charge in [0.25, 0.3) is 0 Å². The van der Waals surface area contributed by atoms with Crippen LogP contribution in [0.5, 0.6) is 0 Å². The Balaban J connectivity index is 1.31. The van der Waals surface area contributed by atoms with E-state index in [-0.39, 0.29) is 5.41 Å². The molecule has 8 nitrogen and oxygen atoms in total. The minimum absolute atomic E-state index is 0.103. The van der Waals surface area contributed by atoms with Crippen LogP contribution in [0.4, 0.5) is 11.6 Å². The van der Waals surface area contributed by atoms with Crippen LogP contribution in [-0.2, 0) is 18.3 Å². The van der Waals surface area contributed by atoms with Crippen LogP contribution < -0.4 is 9.80 Å². The van der Waals surface area contributed by atoms with Gasteiger partial charge in [0.1, 0.15) is 5.82 Å². The Morgan fingerprint density at radius 1 is 1.00 bits per heavy atom. The van der Waals surface area contributed by atoms with Crippen molar-refractivity contribution in [2.75, 3.05) is 29.9 Å². The zero-order valence-corrected chi connectivity index (χ0v) is 17.6. The number of aromatic nitrogens is 6. The summed E-state index contributed by atoms with van der Waals surface area (Å²) in [6, 6.07) is 6.68. The number of rotatable bonds is 3. The van der Waals surface area contributed by atoms with Crippen LogP contribution in [0.3, 0.4) is 0 Å². The summed E-state index contributed by atoms with van der Waals surface area (Å²) in [5.74, 6) is 2.82. The largest absolute Gasteiger partial charge is 0.352 e. The Labute approximate surface area is 170 Å². The molecule has 1 saturated heterocycles. The second-order valence-corrected chi connectivity index (χ2v) is 9.29. The molecule has 4 heterocycles. The predicted molar refractivity (Wildman–Crippen MR) is 113 cm³/mol. The molecule has 1 fully saturated rings. The van der Waals surface area contributed by atoms with Crippen LogP contribution in [0.25, 0.3) is 5.65 Å². The van der Waals surface area contributed by atoms with E-state index in [0.29, 0.717) is 6.04 Å². The van der Waals surface area contributed by atoms with E-state index in [1.807, 2.05) is 16.6 Å². The Morgan fingerprint density at radius 3 is 2.59 bits per heavy atom. The average molecular weight is 393 g/mol. The van der Waals surface area contributed by atoms with Crippen molar-refractivity contribution in [2.24, 2.45) is 0 Å². The zero-order chi connectivity index (χ0) is 20.2. The Morgan fingerprint density at radius 2 is 1.79 bits per heavy atom. The summed E-state index contributed by atoms with van der Waals surface area (Å²) >= 11 is 0. The lowest BCUT2D eigenvalue weighted by Gasteiger charge is -2.44. The Bertz CT molecular complexity index is 1040. The Kier molecular flexibility index (Phi) is 4.18. The van der Waals surface area contributed by atoms with Crippen LogP contribution in [0.2, 0.25) is 0 Å². The van der Waals surface area contributed by atoms with Gasteiger partial charge in [-0.15, -0.1) is 20.4 Å². The van der Waals surface area contributed by atoms with Crippen molar-refractivity contribution in [3.63, 3.8) is 0 Å². The molecule has 0 aromatic carbocycles. The van der Waals surface area contributed by atoms with Crippen molar-refractivity contribution < 1.29 is 0 Å². The molecule has 0 unspecified atom stereocenters. The van der Waals surface area contributed by atoms with Gasteiger partial charge in [-0.2, -0.15) is 9.61 Å². The van der Waals surface area contributed by atoms with Crippen LogP contribution in [0.15, 0.2) is 18.2 Å². The molecular formula is C21H28N8. The van der Waals surface area contributed by atoms with Crippen molar-refractivity contribution in [2.45, 2.75) is 57.9 Å². The molecule has 0 saturated carbocycles. The molecular weight excluding hydrogens is 364 g/mol. The fourth-order valence-electron chi connectivity index (χ4n) is 4.14. The zero-order valence-electron chi connectivity index (χ0n) is 17.6. The maximum atomic E-state index is 4.82. The minimum Gasteiger partial charge on any atom is -0.352 e. The lowest BCUT2D eigenvalue weighted by Crippen LogP contribution is -2.59. The molecule has 152 valence electrons. The first-order valence-corrected chi connectivity index (χ1v) is 10.5. The summed E-state index contributed by atoms with van der Waals surface area (Å²) in [7, 11) is 2.12. The molecule has 3 aromatic rings. The van der Waals surface area contributed by atoms with Gasteiger partial charge < -0.3 is 9.80 Å². The highest BCUT2D eigenvalue weighted by Crippen LogP contribution is 2.27. The smallest absolute Gasteiger partial charge is 0.178 e. The molecule has 29 heavy (non-hydrogen) atoms. The van der Waals surface area contributed by atoms with Gasteiger partial charge in [-0.3, -0.25) is 0 Å². The fraction of sp³-hybridized carbons (Fsp3) is 0.571. The van der Waals surface area contributed by atoms with Crippen molar-refractivity contribution in [3.8, 4) is 0 Å². The van der Waals surface area contributed by atoms with Gasteiger partial charge in [0.15, 0.2) is 17.3 Å². The number of hydrogen-bond donors (Lipinski definition) is 0. The normalized spacial score (nSPS) is 17.3. The highest BCUT2D eigenvalue weighted by atomic mass is 15.4. The molecule has 0 bridgehead atoms. The van der Waals surface area contributed by atoms with Gasteiger partial charge in [0, 0.05) is 25.6 Å². The number of nitrogens with zero attached hydrogens (tertiary/aromatic N) is 8. The van der Waals surface area contributed by atoms with E-state index >= 15 is 0 Å². The summed E-state index contributed by atoms with van der Waals surface area (Å²) < 4.78 is 1.88. The van der Waals surface area contributed by atoms with Gasteiger partial charge in [0.2, 0.25) is 0 Å². The van der Waals surface area contributed by atoms with E-state index in [4.69, 9.17) is 5.10 Å². The first-order valence-electron chi connectivity index (χ1n) is 10.5. The van der Waals surface area contributed by atoms with Crippen LogP contribution in [0.1, 0.15) is 50.7 Å². The van der Waals surface area contributed by atoms with Gasteiger partial charge in [0.05, 0.1) is 11.7 Å². The minimum atomic E-state index is -0.103. The Hall–Kier alpha value is -2.77. The van der Waals surface area contributed by atoms with E-state index in [0.717, 1.165) is 49.0 Å². The predicted octanol–water partition coefficient (Wildman–Crippen LogP) is 2.42. The lowest BCUT2D eigenvalue weighted by molar-refractivity contribution is 0.481. The summed E-state index contributed by atoms with van der Waals surface area (Å²) in [5.41, 5.74) is 3.24. The van der Waals surface area contributed by atoms with Crippen molar-refractivity contribution in [1.82, 2.24) is 30.0 Å². The molecule has 0 N–H and O–H groups in total. The van der Waals surface area contributed by atoms with Gasteiger partial charge in [-0.25, -0.2) is 0 Å². The SMILES string of the molecule is CN(c1cc2c(nn1)CCCC2)C1CN(c2ccc3nnc(C(C)(C)C)n3n2)C1. The van der Waals surface area contributed by atoms with Crippen LogP contribution >= 0.6 is 0 Å². The van der Waals surface area contributed by atoms with Gasteiger partial charge in [-0.1, -0.05) is 20.8 Å². The quantitative estimate of drug-likeness (QED) is 0.677. The van der Waals surface area contributed by atoms with Gasteiger partial charge in [-0.05, 0) is 49.4 Å². The van der Waals surface area contributed by atoms with Crippen LogP contribution in [-0.4, -0.2) is 56.2 Å². The maximum absolute atomic E-state index is 4.82. The van der Waals surface area contributed by atoms with E-state index in [1.165, 1.54) is 24.1 Å². The summed E-state index contributed by atoms with van der Waals surface area (Å²) in [6.45, 7) is 8.23. The molecule has 1 aliphatic heterocycles. The third-order valence-corrected chi connectivity index (χ3v) is 6.07. The summed E-state index contributed by atoms with van der Waals surface area (Å²) in [6.07, 6.45) is 4.68. The molecule has 8 heteroatoms. The van der Waals surface area contributed by atoms with E-state index in [2.05, 4.69) is 64.1 Å². The van der Waals surface area contributed by atoms with Crippen molar-refractivity contribution in [1.29, 1.82) is 0 Å². The monoisotopic (exact) mass is 392 g/mol. The standard InChI is InChI=1S/C21H28N8/c1-21(2,3)20-25-23-17-9-10-18(26-29(17)20)28-12-15(13-28)27(4)19-11-14-7-5-6-8-16(14)22-24-19/h9-11,15H,5-8,12-13H2,1-4H3. The number of likely N-dealkylation sites (N-methyl/N-ethyl adjacent to an activating group) is 1. The maximum Gasteiger partial charge on any atom is 0.178 e. The van der Waals surface area contributed by atoms with E-state index < -0.39 is 0 Å². The van der Waals surface area contributed by atoms with Crippen LogP contribution in [0, 0.1) is 0 Å². The second kappa shape index (κ2) is 6.64. The number of hydrogen-bond acceptors (Lipinski definition) is 7. The molecule has 0 spiro atoms. The van der Waals surface area contributed by atoms with Gasteiger partial charge >= 0.3 is 0 Å². The second-order valence-electron chi connectivity index (χ2n) is 9.29. The highest BCUT2D eigenvalue weighted by Gasteiger charge is 2.33. The highest BCUT2D eigenvalue weighted by molar-refractivity contribution is 5.51. The van der Waals surface area contributed by atoms with Crippen molar-refractivity contribution in [3.05, 3.63) is 35.3 Å². The molecule has 2 aliphatic rings. The lowest BCUT2D eigenvalue weighted by atomic mass is 9.96.